The van der Waals surface area contributed by atoms with Gasteiger partial charge in [0.25, 0.3) is 0 Å². The van der Waals surface area contributed by atoms with Crippen molar-refractivity contribution in [1.82, 2.24) is 9.88 Å². The maximum atomic E-state index is 5.86. The number of pyridine rings is 1. The molecule has 1 saturated heterocycles. The summed E-state index contributed by atoms with van der Waals surface area (Å²) in [6, 6.07) is 14.6. The molecule has 1 aliphatic rings. The summed E-state index contributed by atoms with van der Waals surface area (Å²) >= 11 is 7.72. The molecule has 2 nitrogen and oxygen atoms in total. The van der Waals surface area contributed by atoms with Gasteiger partial charge in [-0.1, -0.05) is 41.9 Å². The van der Waals surface area contributed by atoms with Gasteiger partial charge in [0.1, 0.15) is 0 Å². The molecule has 20 heavy (non-hydrogen) atoms. The van der Waals surface area contributed by atoms with Gasteiger partial charge >= 0.3 is 0 Å². The van der Waals surface area contributed by atoms with Gasteiger partial charge in [-0.3, -0.25) is 4.90 Å². The van der Waals surface area contributed by atoms with Crippen LogP contribution in [0.25, 0.3) is 0 Å². The minimum Gasteiger partial charge on any atom is -0.298 e. The Labute approximate surface area is 129 Å². The van der Waals surface area contributed by atoms with Crippen LogP contribution in [-0.2, 0) is 6.54 Å². The van der Waals surface area contributed by atoms with Gasteiger partial charge in [0.05, 0.1) is 10.0 Å². The van der Waals surface area contributed by atoms with E-state index in [0.717, 1.165) is 18.1 Å². The number of aromatic nitrogens is 1. The molecule has 0 spiro atoms. The van der Waals surface area contributed by atoms with E-state index in [0.29, 0.717) is 10.3 Å². The number of hydrogen-bond donors (Lipinski definition) is 0. The average molecular weight is 305 g/mol. The fourth-order valence-electron chi connectivity index (χ4n) is 2.48. The molecule has 1 aliphatic heterocycles. The Morgan fingerprint density at radius 2 is 2.05 bits per heavy atom. The van der Waals surface area contributed by atoms with E-state index >= 15 is 0 Å². The van der Waals surface area contributed by atoms with Crippen LogP contribution in [-0.4, -0.2) is 28.2 Å². The molecule has 0 bridgehead atoms. The minimum atomic E-state index is 0.632. The molecule has 0 aliphatic carbocycles. The lowest BCUT2D eigenvalue weighted by molar-refractivity contribution is 0.332. The highest BCUT2D eigenvalue weighted by atomic mass is 35.5. The first-order valence-corrected chi connectivity index (χ1v) is 8.10. The second kappa shape index (κ2) is 6.61. The zero-order chi connectivity index (χ0) is 13.8. The summed E-state index contributed by atoms with van der Waals surface area (Å²) in [4.78, 5) is 6.88. The topological polar surface area (TPSA) is 16.1 Å². The van der Waals surface area contributed by atoms with Crippen molar-refractivity contribution in [1.29, 1.82) is 0 Å². The highest BCUT2D eigenvalue weighted by molar-refractivity contribution is 7.99. The lowest BCUT2D eigenvalue weighted by Gasteiger charge is -2.15. The van der Waals surface area contributed by atoms with E-state index in [2.05, 4.69) is 40.2 Å². The van der Waals surface area contributed by atoms with Crippen LogP contribution in [0.5, 0.6) is 0 Å². The molecule has 1 atom stereocenters. The summed E-state index contributed by atoms with van der Waals surface area (Å²) in [6.45, 7) is 3.34. The second-order valence-electron chi connectivity index (χ2n) is 5.06. The van der Waals surface area contributed by atoms with Crippen molar-refractivity contribution >= 4 is 23.4 Å². The SMILES string of the molecule is Clc1ccc(S[C@@H]2CCN(Cc3ccccc3)C2)nc1. The van der Waals surface area contributed by atoms with Gasteiger partial charge in [0.2, 0.25) is 0 Å². The molecule has 1 aromatic heterocycles. The van der Waals surface area contributed by atoms with E-state index in [4.69, 9.17) is 11.6 Å². The van der Waals surface area contributed by atoms with Crippen LogP contribution in [0, 0.1) is 0 Å². The molecule has 0 radical (unpaired) electrons. The number of likely N-dealkylation sites (tertiary alicyclic amines) is 1. The molecular weight excluding hydrogens is 288 g/mol. The van der Waals surface area contributed by atoms with Crippen LogP contribution in [0.3, 0.4) is 0 Å². The van der Waals surface area contributed by atoms with Crippen LogP contribution >= 0.6 is 23.4 Å². The first kappa shape index (κ1) is 13.9. The zero-order valence-electron chi connectivity index (χ0n) is 11.2. The molecule has 3 rings (SSSR count). The molecular formula is C16H17ClN2S. The van der Waals surface area contributed by atoms with Crippen LogP contribution in [0.1, 0.15) is 12.0 Å². The van der Waals surface area contributed by atoms with E-state index in [1.807, 2.05) is 23.9 Å². The van der Waals surface area contributed by atoms with Gasteiger partial charge in [-0.05, 0) is 30.7 Å². The van der Waals surface area contributed by atoms with Gasteiger partial charge in [-0.15, -0.1) is 11.8 Å². The van der Waals surface area contributed by atoms with Crippen molar-refractivity contribution in [3.63, 3.8) is 0 Å². The van der Waals surface area contributed by atoms with Crippen LogP contribution in [0.2, 0.25) is 5.02 Å². The van der Waals surface area contributed by atoms with Gasteiger partial charge in [0.15, 0.2) is 0 Å². The molecule has 4 heteroatoms. The standard InChI is InChI=1S/C16H17ClN2S/c17-14-6-7-16(18-10-14)20-15-8-9-19(12-15)11-13-4-2-1-3-5-13/h1-7,10,15H,8-9,11-12H2/t15-/m1/s1. The Morgan fingerprint density at radius 3 is 2.80 bits per heavy atom. The van der Waals surface area contributed by atoms with Gasteiger partial charge < -0.3 is 0 Å². The third kappa shape index (κ3) is 3.75. The van der Waals surface area contributed by atoms with Gasteiger partial charge in [-0.2, -0.15) is 0 Å². The normalized spacial score (nSPS) is 19.4. The van der Waals surface area contributed by atoms with Crippen LogP contribution in [0.15, 0.2) is 53.7 Å². The first-order valence-electron chi connectivity index (χ1n) is 6.84. The monoisotopic (exact) mass is 304 g/mol. The van der Waals surface area contributed by atoms with Crippen LogP contribution in [0.4, 0.5) is 0 Å². The highest BCUT2D eigenvalue weighted by Crippen LogP contribution is 2.29. The highest BCUT2D eigenvalue weighted by Gasteiger charge is 2.23. The van der Waals surface area contributed by atoms with Crippen LogP contribution < -0.4 is 0 Å². The second-order valence-corrected chi connectivity index (χ2v) is 6.82. The van der Waals surface area contributed by atoms with Crippen molar-refractivity contribution in [3.8, 4) is 0 Å². The predicted molar refractivity (Wildman–Crippen MR) is 85.2 cm³/mol. The smallest absolute Gasteiger partial charge is 0.0964 e. The Kier molecular flexibility index (Phi) is 4.61. The first-order chi connectivity index (χ1) is 9.79. The largest absolute Gasteiger partial charge is 0.298 e. The number of nitrogens with zero attached hydrogens (tertiary/aromatic N) is 2. The Bertz CT molecular complexity index is 544. The van der Waals surface area contributed by atoms with Crippen molar-refractivity contribution in [2.24, 2.45) is 0 Å². The number of benzene rings is 1. The van der Waals surface area contributed by atoms with E-state index in [-0.39, 0.29) is 0 Å². The lowest BCUT2D eigenvalue weighted by atomic mass is 10.2. The molecule has 2 aromatic rings. The molecule has 104 valence electrons. The van der Waals surface area contributed by atoms with Crippen molar-refractivity contribution in [2.45, 2.75) is 23.2 Å². The molecule has 2 heterocycles. The molecule has 0 saturated carbocycles. The van der Waals surface area contributed by atoms with E-state index in [9.17, 15) is 0 Å². The Balaban J connectivity index is 1.53. The number of hydrogen-bond acceptors (Lipinski definition) is 3. The molecule has 1 aromatic carbocycles. The minimum absolute atomic E-state index is 0.632. The third-order valence-corrected chi connectivity index (χ3v) is 4.89. The van der Waals surface area contributed by atoms with Gasteiger partial charge in [0, 0.05) is 24.5 Å². The van der Waals surface area contributed by atoms with Crippen molar-refractivity contribution < 1.29 is 0 Å². The summed E-state index contributed by atoms with van der Waals surface area (Å²) in [5, 5.41) is 2.40. The van der Waals surface area contributed by atoms with E-state index in [1.54, 1.807) is 6.20 Å². The summed E-state index contributed by atoms with van der Waals surface area (Å²) < 4.78 is 0. The molecule has 0 amide bonds. The fraction of sp³-hybridized carbons (Fsp3) is 0.312. The van der Waals surface area contributed by atoms with Crippen molar-refractivity contribution in [2.75, 3.05) is 13.1 Å². The van der Waals surface area contributed by atoms with Crippen molar-refractivity contribution in [3.05, 3.63) is 59.2 Å². The summed E-state index contributed by atoms with van der Waals surface area (Å²) in [5.41, 5.74) is 1.39. The van der Waals surface area contributed by atoms with E-state index in [1.165, 1.54) is 18.5 Å². The molecule has 0 unspecified atom stereocenters. The van der Waals surface area contributed by atoms with Gasteiger partial charge in [-0.25, -0.2) is 4.98 Å². The Hall–Kier alpha value is -1.03. The lowest BCUT2D eigenvalue weighted by Crippen LogP contribution is -2.20. The Morgan fingerprint density at radius 1 is 1.20 bits per heavy atom. The number of thioether (sulfide) groups is 1. The maximum Gasteiger partial charge on any atom is 0.0964 e. The molecule has 1 fully saturated rings. The molecule has 0 N–H and O–H groups in total. The quantitative estimate of drug-likeness (QED) is 0.846. The summed E-state index contributed by atoms with van der Waals surface area (Å²) in [6.07, 6.45) is 2.95. The average Bonchev–Trinajstić information content (AvgIpc) is 2.90. The van der Waals surface area contributed by atoms with E-state index < -0.39 is 0 Å². The zero-order valence-corrected chi connectivity index (χ0v) is 12.8. The summed E-state index contributed by atoms with van der Waals surface area (Å²) in [5.74, 6) is 0. The predicted octanol–water partition coefficient (Wildman–Crippen LogP) is 4.10. The summed E-state index contributed by atoms with van der Waals surface area (Å²) in [7, 11) is 0. The number of halogens is 1. The number of rotatable bonds is 4. The fourth-order valence-corrected chi connectivity index (χ4v) is 3.70. The third-order valence-electron chi connectivity index (χ3n) is 3.47. The maximum absolute atomic E-state index is 5.86.